The van der Waals surface area contributed by atoms with Crippen LogP contribution in [0.15, 0.2) is 191 Å². The number of thiophene rings is 1. The molecule has 274 valence electrons. The molecule has 0 N–H and O–H groups in total. The summed E-state index contributed by atoms with van der Waals surface area (Å²) < 4.78 is 21.0. The summed E-state index contributed by atoms with van der Waals surface area (Å²) >= 11 is 1.87. The second-order valence-electron chi connectivity index (χ2n) is 15.6. The summed E-state index contributed by atoms with van der Waals surface area (Å²) in [4.78, 5) is 0. The van der Waals surface area contributed by atoms with Crippen molar-refractivity contribution in [3.8, 4) is 22.5 Å². The van der Waals surface area contributed by atoms with Crippen molar-refractivity contribution >= 4 is 119 Å². The van der Waals surface area contributed by atoms with E-state index in [-0.39, 0.29) is 0 Å². The lowest BCUT2D eigenvalue weighted by Gasteiger charge is -2.11. The minimum absolute atomic E-state index is 0.890. The molecule has 14 aromatic rings. The largest absolute Gasteiger partial charge is 0.455 e. The monoisotopic (exact) mass is 770 g/mol. The molecule has 0 unspecified atom stereocenters. The van der Waals surface area contributed by atoms with Gasteiger partial charge in [0.2, 0.25) is 0 Å². The van der Waals surface area contributed by atoms with Crippen molar-refractivity contribution in [3.05, 3.63) is 182 Å². The summed E-state index contributed by atoms with van der Waals surface area (Å²) in [6.07, 6.45) is 0. The van der Waals surface area contributed by atoms with Gasteiger partial charge in [-0.25, -0.2) is 0 Å². The third-order valence-electron chi connectivity index (χ3n) is 12.5. The van der Waals surface area contributed by atoms with E-state index in [4.69, 9.17) is 8.83 Å². The van der Waals surface area contributed by atoms with E-state index in [9.17, 15) is 0 Å². The molecule has 0 atom stereocenters. The Bertz CT molecular complexity index is 4060. The molecule has 0 spiro atoms. The molecule has 0 saturated heterocycles. The van der Waals surface area contributed by atoms with Gasteiger partial charge in [0.1, 0.15) is 22.3 Å². The number of furan rings is 2. The van der Waals surface area contributed by atoms with Crippen molar-refractivity contribution in [2.45, 2.75) is 0 Å². The Balaban J connectivity index is 1.10. The van der Waals surface area contributed by atoms with Gasteiger partial charge < -0.3 is 18.0 Å². The zero-order valence-electron chi connectivity index (χ0n) is 31.4. The van der Waals surface area contributed by atoms with E-state index in [2.05, 4.69) is 179 Å². The normalized spacial score (nSPS) is 12.4. The van der Waals surface area contributed by atoms with E-state index in [1.165, 1.54) is 31.3 Å². The molecule has 0 bridgehead atoms. The van der Waals surface area contributed by atoms with Crippen LogP contribution in [0.1, 0.15) is 0 Å². The number of para-hydroxylation sites is 3. The van der Waals surface area contributed by atoms with Gasteiger partial charge >= 0.3 is 0 Å². The summed E-state index contributed by atoms with van der Waals surface area (Å²) in [5, 5.41) is 11.6. The van der Waals surface area contributed by atoms with Gasteiger partial charge in [0.15, 0.2) is 0 Å². The number of rotatable bonds is 3. The summed E-state index contributed by atoms with van der Waals surface area (Å²) in [5.41, 5.74) is 12.7. The van der Waals surface area contributed by atoms with Crippen LogP contribution in [0.25, 0.3) is 130 Å². The second-order valence-corrected chi connectivity index (χ2v) is 16.6. The zero-order chi connectivity index (χ0) is 38.3. The first-order valence-electron chi connectivity index (χ1n) is 20.0. The maximum atomic E-state index is 6.81. The van der Waals surface area contributed by atoms with Gasteiger partial charge in [0, 0.05) is 63.9 Å². The summed E-state index contributed by atoms with van der Waals surface area (Å²) in [5.74, 6) is 0. The number of fused-ring (bicyclic) bond motifs is 17. The lowest BCUT2D eigenvalue weighted by Crippen LogP contribution is -1.96. The van der Waals surface area contributed by atoms with Crippen molar-refractivity contribution in [1.29, 1.82) is 0 Å². The smallest absolute Gasteiger partial charge is 0.145 e. The molecule has 0 amide bonds. The number of hydrogen-bond donors (Lipinski definition) is 0. The lowest BCUT2D eigenvalue weighted by atomic mass is 10.0. The highest BCUT2D eigenvalue weighted by atomic mass is 32.1. The Kier molecular flexibility index (Phi) is 6.14. The molecule has 0 aliphatic rings. The van der Waals surface area contributed by atoms with Gasteiger partial charge in [-0.2, -0.15) is 0 Å². The molecule has 5 heterocycles. The fourth-order valence-corrected chi connectivity index (χ4v) is 11.2. The SMILES string of the molecule is c1ccc(-n2c3cc4c(cc3c3c5oc6ccccc6c5ccc32)c2c3oc5ccccc5c3ccc2n4-c2ccc(-c3cccc4c3sc3ccccc34)cc2)cc1. The van der Waals surface area contributed by atoms with Crippen LogP contribution in [0.2, 0.25) is 0 Å². The topological polar surface area (TPSA) is 36.1 Å². The number of nitrogens with zero attached hydrogens (tertiary/aromatic N) is 2. The van der Waals surface area contributed by atoms with E-state index >= 15 is 0 Å². The minimum Gasteiger partial charge on any atom is -0.455 e. The predicted molar refractivity (Wildman–Crippen MR) is 248 cm³/mol. The predicted octanol–water partition coefficient (Wildman–Crippen LogP) is 15.7. The molecule has 0 fully saturated rings. The van der Waals surface area contributed by atoms with Crippen LogP contribution in [-0.4, -0.2) is 9.13 Å². The fourth-order valence-electron chi connectivity index (χ4n) is 9.96. The Hall–Kier alpha value is -7.60. The molecule has 4 nitrogen and oxygen atoms in total. The van der Waals surface area contributed by atoms with Gasteiger partial charge in [0.25, 0.3) is 0 Å². The maximum absolute atomic E-state index is 6.81. The second kappa shape index (κ2) is 11.5. The van der Waals surface area contributed by atoms with Crippen LogP contribution < -0.4 is 0 Å². The molecule has 0 aliphatic carbocycles. The van der Waals surface area contributed by atoms with Gasteiger partial charge in [-0.3, -0.25) is 0 Å². The van der Waals surface area contributed by atoms with Crippen LogP contribution in [0, 0.1) is 0 Å². The molecule has 59 heavy (non-hydrogen) atoms. The average molecular weight is 771 g/mol. The minimum atomic E-state index is 0.890. The van der Waals surface area contributed by atoms with E-state index < -0.39 is 0 Å². The Morgan fingerprint density at radius 2 is 0.898 bits per heavy atom. The standard InChI is InChI=1S/C54H30N2O2S/c1-2-11-32(12-3-1)55-43-27-25-38-35-13-4-7-18-47(35)57-52(38)50(43)41-29-42-46(30-45(41)55)56(44-28-26-39-36-14-5-8-19-48(36)58-53(39)51(42)44)33-23-21-31(22-24-33)34-16-10-17-40-37-15-6-9-20-49(37)59-54(34)40/h1-30H. The van der Waals surface area contributed by atoms with Gasteiger partial charge in [0.05, 0.1) is 32.8 Å². The molecule has 5 heteroatoms. The first-order chi connectivity index (χ1) is 29.3. The zero-order valence-corrected chi connectivity index (χ0v) is 32.3. The summed E-state index contributed by atoms with van der Waals surface area (Å²) in [6.45, 7) is 0. The van der Waals surface area contributed by atoms with Crippen LogP contribution in [0.5, 0.6) is 0 Å². The third kappa shape index (κ3) is 4.21. The van der Waals surface area contributed by atoms with E-state index in [1.54, 1.807) is 0 Å². The maximum Gasteiger partial charge on any atom is 0.145 e. The fraction of sp³-hybridized carbons (Fsp3) is 0. The van der Waals surface area contributed by atoms with E-state index in [0.717, 1.165) is 98.9 Å². The molecule has 0 radical (unpaired) electrons. The average Bonchev–Trinajstić information content (AvgIpc) is 4.10. The van der Waals surface area contributed by atoms with Crippen molar-refractivity contribution < 1.29 is 8.83 Å². The van der Waals surface area contributed by atoms with Crippen LogP contribution >= 0.6 is 11.3 Å². The van der Waals surface area contributed by atoms with E-state index in [0.29, 0.717) is 0 Å². The van der Waals surface area contributed by atoms with Gasteiger partial charge in [-0.15, -0.1) is 11.3 Å². The van der Waals surface area contributed by atoms with Crippen molar-refractivity contribution in [1.82, 2.24) is 9.13 Å². The summed E-state index contributed by atoms with van der Waals surface area (Å²) in [7, 11) is 0. The quantitative estimate of drug-likeness (QED) is 0.179. The summed E-state index contributed by atoms with van der Waals surface area (Å²) in [6, 6.07) is 65.7. The van der Waals surface area contributed by atoms with Crippen LogP contribution in [0.3, 0.4) is 0 Å². The van der Waals surface area contributed by atoms with Gasteiger partial charge in [-0.1, -0.05) is 103 Å². The van der Waals surface area contributed by atoms with Crippen molar-refractivity contribution in [3.63, 3.8) is 0 Å². The van der Waals surface area contributed by atoms with Gasteiger partial charge in [-0.05, 0) is 90.0 Å². The lowest BCUT2D eigenvalue weighted by molar-refractivity contribution is 0.672. The molecular weight excluding hydrogens is 741 g/mol. The van der Waals surface area contributed by atoms with Crippen LogP contribution in [-0.2, 0) is 0 Å². The highest BCUT2D eigenvalue weighted by molar-refractivity contribution is 7.26. The molecular formula is C54H30N2O2S. The highest BCUT2D eigenvalue weighted by Gasteiger charge is 2.24. The first kappa shape index (κ1) is 31.5. The Morgan fingerprint density at radius 1 is 0.356 bits per heavy atom. The van der Waals surface area contributed by atoms with E-state index in [1.807, 2.05) is 23.5 Å². The Labute approximate surface area is 339 Å². The number of hydrogen-bond acceptors (Lipinski definition) is 3. The highest BCUT2D eigenvalue weighted by Crippen LogP contribution is 2.47. The molecule has 0 saturated carbocycles. The molecule has 14 rings (SSSR count). The first-order valence-corrected chi connectivity index (χ1v) is 20.8. The van der Waals surface area contributed by atoms with Crippen molar-refractivity contribution in [2.24, 2.45) is 0 Å². The number of benzene rings is 9. The van der Waals surface area contributed by atoms with Crippen LogP contribution in [0.4, 0.5) is 0 Å². The third-order valence-corrected chi connectivity index (χ3v) is 13.7. The number of aromatic nitrogens is 2. The molecule has 5 aromatic heterocycles. The molecule has 9 aromatic carbocycles. The van der Waals surface area contributed by atoms with Crippen molar-refractivity contribution in [2.75, 3.05) is 0 Å². The molecule has 0 aliphatic heterocycles. The Morgan fingerprint density at radius 3 is 1.54 bits per heavy atom.